The maximum Gasteiger partial charge on any atom is 0.451 e. The van der Waals surface area contributed by atoms with Gasteiger partial charge in [0.1, 0.15) is 17.9 Å². The maximum atomic E-state index is 8.91. The van der Waals surface area contributed by atoms with Crippen molar-refractivity contribution in [3.8, 4) is 6.07 Å². The van der Waals surface area contributed by atoms with E-state index in [1.54, 1.807) is 6.33 Å². The molecule has 0 atom stereocenters. The lowest BCUT2D eigenvalue weighted by atomic mass is 9.83. The van der Waals surface area contributed by atoms with E-state index in [0.29, 0.717) is 17.5 Å². The van der Waals surface area contributed by atoms with Gasteiger partial charge in [-0.2, -0.15) is 5.26 Å². The minimum absolute atomic E-state index is 0.284. The molecule has 0 aliphatic heterocycles. The van der Waals surface area contributed by atoms with E-state index in [1.165, 1.54) is 6.33 Å². The van der Waals surface area contributed by atoms with Crippen LogP contribution in [-0.4, -0.2) is 36.7 Å². The van der Waals surface area contributed by atoms with E-state index in [9.17, 15) is 0 Å². The summed E-state index contributed by atoms with van der Waals surface area (Å²) >= 11 is 0. The van der Waals surface area contributed by atoms with Crippen LogP contribution in [0.3, 0.4) is 0 Å². The molecule has 8 heteroatoms. The van der Waals surface area contributed by atoms with Gasteiger partial charge in [0.25, 0.3) is 0 Å². The number of imidazole rings is 1. The van der Waals surface area contributed by atoms with Crippen LogP contribution < -0.4 is 0 Å². The molecule has 2 rings (SSSR count). The molecule has 2 N–H and O–H groups in total. The van der Waals surface area contributed by atoms with Crippen LogP contribution in [0.2, 0.25) is 6.32 Å². The molecule has 0 spiro atoms. The van der Waals surface area contributed by atoms with Crippen molar-refractivity contribution in [2.24, 2.45) is 0 Å². The number of aromatic nitrogens is 4. The standard InChI is InChI=1S/C11H14BN5O2/c13-6-9-10-11(15-7-14-9)17(8-16-10)5-3-1-2-4-12(18)19/h7-8,18-19H,1-5H2. The molecule has 0 amide bonds. The molecule has 2 heterocycles. The van der Waals surface area contributed by atoms with Gasteiger partial charge in [0, 0.05) is 6.54 Å². The zero-order valence-corrected chi connectivity index (χ0v) is 10.4. The van der Waals surface area contributed by atoms with E-state index in [4.69, 9.17) is 15.3 Å². The lowest BCUT2D eigenvalue weighted by molar-refractivity contribution is 0.401. The Morgan fingerprint density at radius 2 is 2.05 bits per heavy atom. The molecule has 19 heavy (non-hydrogen) atoms. The van der Waals surface area contributed by atoms with Crippen LogP contribution in [0.4, 0.5) is 0 Å². The van der Waals surface area contributed by atoms with Crippen molar-refractivity contribution in [1.82, 2.24) is 19.5 Å². The molecular formula is C11H14BN5O2. The van der Waals surface area contributed by atoms with Crippen molar-refractivity contribution in [2.75, 3.05) is 0 Å². The zero-order valence-electron chi connectivity index (χ0n) is 10.4. The summed E-state index contributed by atoms with van der Waals surface area (Å²) in [5.74, 6) is 0. The number of nitrogens with zero attached hydrogens (tertiary/aromatic N) is 5. The highest BCUT2D eigenvalue weighted by Crippen LogP contribution is 2.13. The third-order valence-corrected chi connectivity index (χ3v) is 2.87. The summed E-state index contributed by atoms with van der Waals surface area (Å²) in [5, 5.41) is 26.4. The number of aryl methyl sites for hydroxylation is 1. The summed E-state index contributed by atoms with van der Waals surface area (Å²) < 4.78 is 1.88. The van der Waals surface area contributed by atoms with Gasteiger partial charge in [-0.05, 0) is 12.7 Å². The van der Waals surface area contributed by atoms with E-state index < -0.39 is 7.12 Å². The monoisotopic (exact) mass is 259 g/mol. The zero-order chi connectivity index (χ0) is 13.7. The second kappa shape index (κ2) is 6.27. The predicted molar refractivity (Wildman–Crippen MR) is 68.9 cm³/mol. The highest BCUT2D eigenvalue weighted by molar-refractivity contribution is 6.40. The number of fused-ring (bicyclic) bond motifs is 1. The van der Waals surface area contributed by atoms with E-state index >= 15 is 0 Å². The summed E-state index contributed by atoms with van der Waals surface area (Å²) in [4.78, 5) is 12.2. The predicted octanol–water partition coefficient (Wildman–Crippen LogP) is 0.341. The average molecular weight is 259 g/mol. The molecule has 0 saturated carbocycles. The quantitative estimate of drug-likeness (QED) is 0.572. The van der Waals surface area contributed by atoms with Crippen molar-refractivity contribution in [3.05, 3.63) is 18.3 Å². The third kappa shape index (κ3) is 3.27. The number of rotatable bonds is 6. The van der Waals surface area contributed by atoms with Crippen LogP contribution in [0.25, 0.3) is 11.2 Å². The molecule has 7 nitrogen and oxygen atoms in total. The van der Waals surface area contributed by atoms with Crippen LogP contribution in [-0.2, 0) is 6.54 Å². The van der Waals surface area contributed by atoms with E-state index in [1.807, 2.05) is 10.6 Å². The van der Waals surface area contributed by atoms with Gasteiger partial charge in [0.2, 0.25) is 0 Å². The van der Waals surface area contributed by atoms with Crippen LogP contribution in [0.15, 0.2) is 12.7 Å². The van der Waals surface area contributed by atoms with Crippen molar-refractivity contribution in [2.45, 2.75) is 32.1 Å². The van der Waals surface area contributed by atoms with Crippen molar-refractivity contribution in [3.63, 3.8) is 0 Å². The molecule has 0 aromatic carbocycles. The Labute approximate surface area is 110 Å². The Morgan fingerprint density at radius 3 is 2.79 bits per heavy atom. The van der Waals surface area contributed by atoms with Crippen LogP contribution in [0, 0.1) is 11.3 Å². The molecule has 0 aliphatic carbocycles. The lowest BCUT2D eigenvalue weighted by Crippen LogP contribution is -2.09. The third-order valence-electron chi connectivity index (χ3n) is 2.87. The molecule has 0 unspecified atom stereocenters. The molecular weight excluding hydrogens is 245 g/mol. The van der Waals surface area contributed by atoms with Crippen molar-refractivity contribution in [1.29, 1.82) is 5.26 Å². The SMILES string of the molecule is N#Cc1ncnc2c1ncn2CCCCCB(O)O. The molecule has 0 fully saturated rings. The fourth-order valence-electron chi connectivity index (χ4n) is 1.91. The number of hydrogen-bond donors (Lipinski definition) is 2. The fraction of sp³-hybridized carbons (Fsp3) is 0.455. The first-order chi connectivity index (χ1) is 9.22. The van der Waals surface area contributed by atoms with Crippen molar-refractivity contribution >= 4 is 18.3 Å². The number of unbranched alkanes of at least 4 members (excludes halogenated alkanes) is 2. The summed E-state index contributed by atoms with van der Waals surface area (Å²) in [6.45, 7) is 0.736. The van der Waals surface area contributed by atoms with Gasteiger partial charge < -0.3 is 14.6 Å². The number of hydrogen-bond acceptors (Lipinski definition) is 6. The van der Waals surface area contributed by atoms with Gasteiger partial charge in [0.05, 0.1) is 6.33 Å². The summed E-state index contributed by atoms with van der Waals surface area (Å²) in [7, 11) is -1.22. The molecule has 0 aliphatic rings. The Kier molecular flexibility index (Phi) is 4.44. The largest absolute Gasteiger partial charge is 0.451 e. The van der Waals surface area contributed by atoms with Gasteiger partial charge >= 0.3 is 7.12 Å². The van der Waals surface area contributed by atoms with Gasteiger partial charge in [0.15, 0.2) is 11.3 Å². The molecule has 0 bridgehead atoms. The smallest absolute Gasteiger partial charge is 0.427 e. The highest BCUT2D eigenvalue weighted by atomic mass is 16.4. The summed E-state index contributed by atoms with van der Waals surface area (Å²) in [6.07, 6.45) is 5.97. The van der Waals surface area contributed by atoms with Gasteiger partial charge in [-0.1, -0.05) is 12.8 Å². The maximum absolute atomic E-state index is 8.91. The Balaban J connectivity index is 1.97. The second-order valence-corrected chi connectivity index (χ2v) is 4.27. The van der Waals surface area contributed by atoms with Crippen molar-refractivity contribution < 1.29 is 10.0 Å². The Hall–Kier alpha value is -1.98. The topological polar surface area (TPSA) is 108 Å². The van der Waals surface area contributed by atoms with Gasteiger partial charge in [-0.15, -0.1) is 0 Å². The lowest BCUT2D eigenvalue weighted by Gasteiger charge is -2.03. The number of nitriles is 1. The first-order valence-corrected chi connectivity index (χ1v) is 6.14. The molecule has 98 valence electrons. The minimum Gasteiger partial charge on any atom is -0.427 e. The molecule has 2 aromatic heterocycles. The minimum atomic E-state index is -1.22. The second-order valence-electron chi connectivity index (χ2n) is 4.27. The summed E-state index contributed by atoms with van der Waals surface area (Å²) in [6, 6.07) is 1.99. The van der Waals surface area contributed by atoms with Crippen LogP contribution in [0.1, 0.15) is 25.0 Å². The molecule has 2 aromatic rings. The van der Waals surface area contributed by atoms with Crippen LogP contribution in [0.5, 0.6) is 0 Å². The highest BCUT2D eigenvalue weighted by Gasteiger charge is 2.09. The van der Waals surface area contributed by atoms with E-state index in [-0.39, 0.29) is 5.69 Å². The summed E-state index contributed by atoms with van der Waals surface area (Å²) in [5.41, 5.74) is 1.47. The van der Waals surface area contributed by atoms with E-state index in [2.05, 4.69) is 15.0 Å². The molecule has 0 saturated heterocycles. The van der Waals surface area contributed by atoms with Crippen LogP contribution >= 0.6 is 0 Å². The molecule has 0 radical (unpaired) electrons. The van der Waals surface area contributed by atoms with E-state index in [0.717, 1.165) is 25.8 Å². The first-order valence-electron chi connectivity index (χ1n) is 6.14. The van der Waals surface area contributed by atoms with Gasteiger partial charge in [-0.3, -0.25) is 0 Å². The normalized spacial score (nSPS) is 10.6. The fourth-order valence-corrected chi connectivity index (χ4v) is 1.91. The Bertz CT molecular complexity index is 592. The average Bonchev–Trinajstić information content (AvgIpc) is 2.81. The Morgan fingerprint density at radius 1 is 1.21 bits per heavy atom. The van der Waals surface area contributed by atoms with Gasteiger partial charge in [-0.25, -0.2) is 15.0 Å². The first kappa shape index (κ1) is 13.5.